The van der Waals surface area contributed by atoms with Gasteiger partial charge in [0.1, 0.15) is 11.6 Å². The van der Waals surface area contributed by atoms with Crippen LogP contribution in [0.4, 0.5) is 10.1 Å². The zero-order chi connectivity index (χ0) is 13.8. The predicted molar refractivity (Wildman–Crippen MR) is 64.3 cm³/mol. The van der Waals surface area contributed by atoms with Gasteiger partial charge in [-0.25, -0.2) is 4.39 Å². The first-order chi connectivity index (χ1) is 9.10. The zero-order valence-electron chi connectivity index (χ0n) is 9.54. The van der Waals surface area contributed by atoms with Gasteiger partial charge in [0.25, 0.3) is 0 Å². The lowest BCUT2D eigenvalue weighted by molar-refractivity contribution is -0.385. The molecule has 0 bridgehead atoms. The molecule has 0 atom stereocenters. The summed E-state index contributed by atoms with van der Waals surface area (Å²) in [7, 11) is 0. The van der Waals surface area contributed by atoms with Crippen LogP contribution in [0.15, 0.2) is 42.5 Å². The molecule has 0 saturated heterocycles. The standard InChI is InChI=1S/C13H7FN2O3/c14-10-2-1-3-11(7-10)19-13-5-4-9(8-15)6-12(13)16(17)18/h1-7H. The molecule has 0 aliphatic rings. The highest BCUT2D eigenvalue weighted by Crippen LogP contribution is 2.32. The average molecular weight is 258 g/mol. The van der Waals surface area contributed by atoms with E-state index in [4.69, 9.17) is 10.00 Å². The highest BCUT2D eigenvalue weighted by molar-refractivity contribution is 5.53. The number of halogens is 1. The van der Waals surface area contributed by atoms with Crippen LogP contribution in [0, 0.1) is 27.3 Å². The third kappa shape index (κ3) is 2.84. The Kier molecular flexibility index (Phi) is 3.39. The van der Waals surface area contributed by atoms with Gasteiger partial charge in [0.05, 0.1) is 16.6 Å². The largest absolute Gasteiger partial charge is 0.450 e. The fraction of sp³-hybridized carbons (Fsp3) is 0. The van der Waals surface area contributed by atoms with Gasteiger partial charge in [0.2, 0.25) is 5.75 Å². The van der Waals surface area contributed by atoms with Crippen molar-refractivity contribution >= 4 is 5.69 Å². The first-order valence-electron chi connectivity index (χ1n) is 5.22. The van der Waals surface area contributed by atoms with Crippen molar-refractivity contribution in [3.8, 4) is 17.6 Å². The maximum absolute atomic E-state index is 13.0. The molecule has 2 rings (SSSR count). The number of rotatable bonds is 3. The summed E-state index contributed by atoms with van der Waals surface area (Å²) in [5.41, 5.74) is -0.193. The number of nitro benzene ring substituents is 1. The van der Waals surface area contributed by atoms with Crippen molar-refractivity contribution in [3.63, 3.8) is 0 Å². The number of hydrogen-bond donors (Lipinski definition) is 0. The molecule has 0 unspecified atom stereocenters. The maximum atomic E-state index is 13.0. The van der Waals surface area contributed by atoms with Crippen LogP contribution >= 0.6 is 0 Å². The highest BCUT2D eigenvalue weighted by atomic mass is 19.1. The van der Waals surface area contributed by atoms with E-state index < -0.39 is 10.7 Å². The Labute approximate surface area is 107 Å². The Balaban J connectivity index is 2.40. The van der Waals surface area contributed by atoms with Gasteiger partial charge in [-0.2, -0.15) is 5.26 Å². The molecule has 2 aromatic rings. The Morgan fingerprint density at radius 2 is 2.05 bits per heavy atom. The molecule has 94 valence electrons. The van der Waals surface area contributed by atoms with E-state index in [9.17, 15) is 14.5 Å². The molecule has 19 heavy (non-hydrogen) atoms. The normalized spacial score (nSPS) is 9.68. The maximum Gasteiger partial charge on any atom is 0.312 e. The van der Waals surface area contributed by atoms with Gasteiger partial charge in [-0.15, -0.1) is 0 Å². The fourth-order valence-corrected chi connectivity index (χ4v) is 1.47. The summed E-state index contributed by atoms with van der Waals surface area (Å²) in [5.74, 6) is -0.406. The third-order valence-corrected chi connectivity index (χ3v) is 2.31. The molecule has 0 amide bonds. The summed E-state index contributed by atoms with van der Waals surface area (Å²) >= 11 is 0. The molecule has 5 nitrogen and oxygen atoms in total. The smallest absolute Gasteiger partial charge is 0.312 e. The first-order valence-corrected chi connectivity index (χ1v) is 5.22. The van der Waals surface area contributed by atoms with E-state index in [1.54, 1.807) is 6.07 Å². The second-order valence-corrected chi connectivity index (χ2v) is 3.61. The summed E-state index contributed by atoms with van der Waals surface area (Å²) in [5, 5.41) is 19.6. The average Bonchev–Trinajstić information content (AvgIpc) is 2.39. The van der Waals surface area contributed by atoms with Crippen molar-refractivity contribution in [2.45, 2.75) is 0 Å². The Hall–Kier alpha value is -2.94. The van der Waals surface area contributed by atoms with E-state index in [0.717, 1.165) is 12.1 Å². The number of nitro groups is 1. The quantitative estimate of drug-likeness (QED) is 0.624. The molecule has 0 aromatic heterocycles. The Morgan fingerprint density at radius 3 is 2.68 bits per heavy atom. The van der Waals surface area contributed by atoms with Gasteiger partial charge < -0.3 is 4.74 Å². The molecule has 0 aliphatic heterocycles. The van der Waals surface area contributed by atoms with Crippen molar-refractivity contribution < 1.29 is 14.1 Å². The van der Waals surface area contributed by atoms with E-state index in [1.807, 2.05) is 0 Å². The second-order valence-electron chi connectivity index (χ2n) is 3.61. The van der Waals surface area contributed by atoms with Crippen molar-refractivity contribution in [1.82, 2.24) is 0 Å². The second kappa shape index (κ2) is 5.14. The summed E-state index contributed by atoms with van der Waals surface area (Å²) in [6, 6.07) is 10.9. The highest BCUT2D eigenvalue weighted by Gasteiger charge is 2.16. The molecular formula is C13H7FN2O3. The van der Waals surface area contributed by atoms with E-state index in [-0.39, 0.29) is 22.7 Å². The van der Waals surface area contributed by atoms with Crippen molar-refractivity contribution in [1.29, 1.82) is 5.26 Å². The van der Waals surface area contributed by atoms with Gasteiger partial charge in [0.15, 0.2) is 0 Å². The minimum Gasteiger partial charge on any atom is -0.450 e. The molecule has 0 fully saturated rings. The molecule has 0 aliphatic carbocycles. The van der Waals surface area contributed by atoms with Gasteiger partial charge >= 0.3 is 5.69 Å². The van der Waals surface area contributed by atoms with Gasteiger partial charge in [-0.05, 0) is 24.3 Å². The van der Waals surface area contributed by atoms with Crippen LogP contribution in [0.3, 0.4) is 0 Å². The van der Waals surface area contributed by atoms with Crippen LogP contribution in [0.5, 0.6) is 11.5 Å². The van der Waals surface area contributed by atoms with Crippen LogP contribution in [0.2, 0.25) is 0 Å². The molecular weight excluding hydrogens is 251 g/mol. The molecule has 0 spiro atoms. The lowest BCUT2D eigenvalue weighted by Crippen LogP contribution is -1.94. The summed E-state index contributed by atoms with van der Waals surface area (Å²) in [6.45, 7) is 0. The summed E-state index contributed by atoms with van der Waals surface area (Å²) in [6.07, 6.45) is 0. The molecule has 6 heteroatoms. The zero-order valence-corrected chi connectivity index (χ0v) is 9.54. The monoisotopic (exact) mass is 258 g/mol. The lowest BCUT2D eigenvalue weighted by Gasteiger charge is -2.06. The third-order valence-electron chi connectivity index (χ3n) is 2.31. The Bertz CT molecular complexity index is 680. The van der Waals surface area contributed by atoms with Crippen LogP contribution in [0.1, 0.15) is 5.56 Å². The van der Waals surface area contributed by atoms with Crippen LogP contribution in [-0.4, -0.2) is 4.92 Å². The number of benzene rings is 2. The molecule has 0 saturated carbocycles. The minimum atomic E-state index is -0.657. The van der Waals surface area contributed by atoms with Gasteiger partial charge in [-0.1, -0.05) is 6.07 Å². The van der Waals surface area contributed by atoms with Crippen LogP contribution < -0.4 is 4.74 Å². The predicted octanol–water partition coefficient (Wildman–Crippen LogP) is 3.40. The number of hydrogen-bond acceptors (Lipinski definition) is 4. The topological polar surface area (TPSA) is 76.2 Å². The summed E-state index contributed by atoms with van der Waals surface area (Å²) < 4.78 is 18.3. The fourth-order valence-electron chi connectivity index (χ4n) is 1.47. The van der Waals surface area contributed by atoms with Crippen LogP contribution in [-0.2, 0) is 0 Å². The van der Waals surface area contributed by atoms with Crippen molar-refractivity contribution in [3.05, 3.63) is 64.0 Å². The summed E-state index contributed by atoms with van der Waals surface area (Å²) in [4.78, 5) is 10.2. The van der Waals surface area contributed by atoms with E-state index in [2.05, 4.69) is 0 Å². The Morgan fingerprint density at radius 1 is 1.26 bits per heavy atom. The van der Waals surface area contributed by atoms with E-state index in [0.29, 0.717) is 0 Å². The number of nitriles is 1. The molecule has 0 radical (unpaired) electrons. The molecule has 0 N–H and O–H groups in total. The molecule has 2 aromatic carbocycles. The SMILES string of the molecule is N#Cc1ccc(Oc2cccc(F)c2)c([N+](=O)[O-])c1. The van der Waals surface area contributed by atoms with E-state index >= 15 is 0 Å². The number of nitrogens with zero attached hydrogens (tertiary/aromatic N) is 2. The van der Waals surface area contributed by atoms with E-state index in [1.165, 1.54) is 30.3 Å². The number of ether oxygens (including phenoxy) is 1. The minimum absolute atomic E-state index is 0.0467. The van der Waals surface area contributed by atoms with Gasteiger partial charge in [-0.3, -0.25) is 10.1 Å². The van der Waals surface area contributed by atoms with Gasteiger partial charge in [0, 0.05) is 12.1 Å². The first kappa shape index (κ1) is 12.5. The molecule has 0 heterocycles. The van der Waals surface area contributed by atoms with Crippen LogP contribution in [0.25, 0.3) is 0 Å². The van der Waals surface area contributed by atoms with Crippen molar-refractivity contribution in [2.24, 2.45) is 0 Å². The lowest BCUT2D eigenvalue weighted by atomic mass is 10.2. The van der Waals surface area contributed by atoms with Crippen molar-refractivity contribution in [2.75, 3.05) is 0 Å².